The fourth-order valence-corrected chi connectivity index (χ4v) is 1.93. The summed E-state index contributed by atoms with van der Waals surface area (Å²) in [5, 5.41) is 7.85. The topological polar surface area (TPSA) is 79.5 Å². The Morgan fingerprint density at radius 2 is 2.21 bits per heavy atom. The molecule has 1 aromatic rings. The second kappa shape index (κ2) is 6.19. The van der Waals surface area contributed by atoms with Crippen LogP contribution in [-0.4, -0.2) is 38.2 Å². The highest BCUT2D eigenvalue weighted by atomic mass is 16.5. The van der Waals surface area contributed by atoms with Gasteiger partial charge in [-0.1, -0.05) is 30.3 Å². The molecule has 6 nitrogen and oxygen atoms in total. The van der Waals surface area contributed by atoms with E-state index in [1.54, 1.807) is 7.11 Å². The molecule has 102 valence electrons. The summed E-state index contributed by atoms with van der Waals surface area (Å²) in [6, 6.07) is 8.83. The van der Waals surface area contributed by atoms with Gasteiger partial charge in [-0.25, -0.2) is 4.79 Å². The van der Waals surface area contributed by atoms with Crippen LogP contribution in [0.2, 0.25) is 0 Å². The van der Waals surface area contributed by atoms with Crippen LogP contribution in [0.25, 0.3) is 0 Å². The van der Waals surface area contributed by atoms with E-state index in [0.29, 0.717) is 13.1 Å². The maximum atomic E-state index is 11.8. The molecule has 0 saturated carbocycles. The Hall–Kier alpha value is -2.08. The molecule has 0 spiro atoms. The van der Waals surface area contributed by atoms with Gasteiger partial charge in [0, 0.05) is 20.2 Å². The van der Waals surface area contributed by atoms with E-state index in [2.05, 4.69) is 16.0 Å². The number of carbonyl (C=O) groups excluding carboxylic acids is 2. The van der Waals surface area contributed by atoms with Crippen molar-refractivity contribution in [3.05, 3.63) is 35.9 Å². The zero-order chi connectivity index (χ0) is 13.7. The SMILES string of the molecule is CO[C@@H](CNC(=O)[C@@H]1CNC(=O)N1)c1ccccc1. The number of nitrogens with one attached hydrogen (secondary N) is 3. The molecule has 6 heteroatoms. The van der Waals surface area contributed by atoms with Crippen LogP contribution < -0.4 is 16.0 Å². The minimum Gasteiger partial charge on any atom is -0.375 e. The molecule has 1 aliphatic heterocycles. The highest BCUT2D eigenvalue weighted by molar-refractivity contribution is 5.90. The van der Waals surface area contributed by atoms with Crippen LogP contribution in [0.15, 0.2) is 30.3 Å². The summed E-state index contributed by atoms with van der Waals surface area (Å²) in [6.07, 6.45) is -0.199. The number of carbonyl (C=O) groups is 2. The van der Waals surface area contributed by atoms with Crippen LogP contribution in [0, 0.1) is 0 Å². The van der Waals surface area contributed by atoms with E-state index in [9.17, 15) is 9.59 Å². The van der Waals surface area contributed by atoms with E-state index in [1.165, 1.54) is 0 Å². The van der Waals surface area contributed by atoms with Crippen LogP contribution in [-0.2, 0) is 9.53 Å². The van der Waals surface area contributed by atoms with Gasteiger partial charge in [0.05, 0.1) is 6.10 Å². The lowest BCUT2D eigenvalue weighted by Gasteiger charge is -2.17. The normalized spacial score (nSPS) is 19.4. The first kappa shape index (κ1) is 13.4. The maximum Gasteiger partial charge on any atom is 0.315 e. The van der Waals surface area contributed by atoms with Crippen molar-refractivity contribution in [2.45, 2.75) is 12.1 Å². The molecule has 1 aliphatic rings. The van der Waals surface area contributed by atoms with Gasteiger partial charge in [-0.2, -0.15) is 0 Å². The summed E-state index contributed by atoms with van der Waals surface area (Å²) in [6.45, 7) is 0.680. The van der Waals surface area contributed by atoms with Gasteiger partial charge >= 0.3 is 6.03 Å². The van der Waals surface area contributed by atoms with Gasteiger partial charge in [0.2, 0.25) is 5.91 Å². The number of hydrogen-bond acceptors (Lipinski definition) is 3. The summed E-state index contributed by atoms with van der Waals surface area (Å²) >= 11 is 0. The van der Waals surface area contributed by atoms with E-state index in [0.717, 1.165) is 5.56 Å². The molecule has 1 saturated heterocycles. The van der Waals surface area contributed by atoms with Crippen molar-refractivity contribution >= 4 is 11.9 Å². The van der Waals surface area contributed by atoms with Crippen molar-refractivity contribution in [3.8, 4) is 0 Å². The van der Waals surface area contributed by atoms with Crippen LogP contribution >= 0.6 is 0 Å². The van der Waals surface area contributed by atoms with Gasteiger partial charge < -0.3 is 20.7 Å². The largest absolute Gasteiger partial charge is 0.375 e. The number of amides is 3. The zero-order valence-electron chi connectivity index (χ0n) is 10.7. The highest BCUT2D eigenvalue weighted by Gasteiger charge is 2.26. The van der Waals surface area contributed by atoms with Crippen LogP contribution in [0.4, 0.5) is 4.79 Å². The van der Waals surface area contributed by atoms with Crippen molar-refractivity contribution in [1.29, 1.82) is 0 Å². The van der Waals surface area contributed by atoms with Gasteiger partial charge in [0.15, 0.2) is 0 Å². The van der Waals surface area contributed by atoms with Crippen LogP contribution in [0.3, 0.4) is 0 Å². The minimum absolute atomic E-state index is 0.199. The zero-order valence-corrected chi connectivity index (χ0v) is 10.7. The van der Waals surface area contributed by atoms with Crippen molar-refractivity contribution < 1.29 is 14.3 Å². The van der Waals surface area contributed by atoms with Gasteiger partial charge in [-0.15, -0.1) is 0 Å². The lowest BCUT2D eigenvalue weighted by Crippen LogP contribution is -2.44. The van der Waals surface area contributed by atoms with E-state index >= 15 is 0 Å². The second-order valence-corrected chi connectivity index (χ2v) is 4.29. The molecule has 0 bridgehead atoms. The van der Waals surface area contributed by atoms with Gasteiger partial charge in [-0.3, -0.25) is 4.79 Å². The van der Waals surface area contributed by atoms with E-state index < -0.39 is 6.04 Å². The Morgan fingerprint density at radius 3 is 2.79 bits per heavy atom. The molecule has 0 unspecified atom stereocenters. The number of benzene rings is 1. The molecule has 1 aromatic carbocycles. The van der Waals surface area contributed by atoms with Gasteiger partial charge in [-0.05, 0) is 5.56 Å². The van der Waals surface area contributed by atoms with Crippen molar-refractivity contribution in [2.24, 2.45) is 0 Å². The minimum atomic E-state index is -0.513. The quantitative estimate of drug-likeness (QED) is 0.708. The molecule has 1 heterocycles. The third-order valence-electron chi connectivity index (χ3n) is 3.01. The summed E-state index contributed by atoms with van der Waals surface area (Å²) in [5.41, 5.74) is 0.999. The summed E-state index contributed by atoms with van der Waals surface area (Å²) in [4.78, 5) is 22.8. The lowest BCUT2D eigenvalue weighted by atomic mass is 10.1. The van der Waals surface area contributed by atoms with E-state index in [4.69, 9.17) is 4.74 Å². The number of rotatable bonds is 5. The average Bonchev–Trinajstić information content (AvgIpc) is 2.87. The molecule has 0 radical (unpaired) electrons. The van der Waals surface area contributed by atoms with Crippen molar-refractivity contribution in [3.63, 3.8) is 0 Å². The first-order valence-corrected chi connectivity index (χ1v) is 6.10. The predicted molar refractivity (Wildman–Crippen MR) is 69.5 cm³/mol. The number of ether oxygens (including phenoxy) is 1. The van der Waals surface area contributed by atoms with E-state index in [1.807, 2.05) is 30.3 Å². The summed E-state index contributed by atoms with van der Waals surface area (Å²) < 4.78 is 5.35. The van der Waals surface area contributed by atoms with E-state index in [-0.39, 0.29) is 18.0 Å². The average molecular weight is 263 g/mol. The maximum absolute atomic E-state index is 11.8. The molecule has 2 atom stereocenters. The third-order valence-corrected chi connectivity index (χ3v) is 3.01. The Morgan fingerprint density at radius 1 is 1.47 bits per heavy atom. The Labute approximate surface area is 111 Å². The molecule has 3 amide bonds. The molecular weight excluding hydrogens is 246 g/mol. The van der Waals surface area contributed by atoms with Crippen LogP contribution in [0.5, 0.6) is 0 Å². The van der Waals surface area contributed by atoms with Gasteiger partial charge in [0.25, 0.3) is 0 Å². The first-order valence-electron chi connectivity index (χ1n) is 6.10. The Bertz CT molecular complexity index is 450. The van der Waals surface area contributed by atoms with Crippen LogP contribution in [0.1, 0.15) is 11.7 Å². The molecule has 3 N–H and O–H groups in total. The standard InChI is InChI=1S/C13H17N3O3/c1-19-11(9-5-3-2-4-6-9)8-14-12(17)10-7-15-13(18)16-10/h2-6,10-11H,7-8H2,1H3,(H,14,17)(H2,15,16,18)/t10-,11-/m0/s1. The fourth-order valence-electron chi connectivity index (χ4n) is 1.93. The summed E-state index contributed by atoms with van der Waals surface area (Å²) in [7, 11) is 1.60. The molecule has 0 aromatic heterocycles. The number of methoxy groups -OCH3 is 1. The predicted octanol–water partition coefficient (Wildman–Crippen LogP) is 0.172. The molecule has 1 fully saturated rings. The molecule has 2 rings (SSSR count). The third kappa shape index (κ3) is 3.45. The molecular formula is C13H17N3O3. The second-order valence-electron chi connectivity index (χ2n) is 4.29. The molecule has 19 heavy (non-hydrogen) atoms. The summed E-state index contributed by atoms with van der Waals surface area (Å²) in [5.74, 6) is -0.212. The van der Waals surface area contributed by atoms with Crippen molar-refractivity contribution in [2.75, 3.05) is 20.2 Å². The first-order chi connectivity index (χ1) is 9.20. The Kier molecular flexibility index (Phi) is 4.35. The number of hydrogen-bond donors (Lipinski definition) is 3. The smallest absolute Gasteiger partial charge is 0.315 e. The van der Waals surface area contributed by atoms with Crippen molar-refractivity contribution in [1.82, 2.24) is 16.0 Å². The lowest BCUT2D eigenvalue weighted by molar-refractivity contribution is -0.123. The number of urea groups is 1. The van der Waals surface area contributed by atoms with Gasteiger partial charge in [0.1, 0.15) is 6.04 Å². The fraction of sp³-hybridized carbons (Fsp3) is 0.385. The molecule has 0 aliphatic carbocycles. The monoisotopic (exact) mass is 263 g/mol. The Balaban J connectivity index is 1.86. The highest BCUT2D eigenvalue weighted by Crippen LogP contribution is 2.14.